The van der Waals surface area contributed by atoms with Crippen molar-refractivity contribution in [3.63, 3.8) is 0 Å². The van der Waals surface area contributed by atoms with E-state index in [1.54, 1.807) is 6.07 Å². The number of hydrogen-bond acceptors (Lipinski definition) is 5. The number of carbonyl (C=O) groups excluding carboxylic acids is 1. The Hall–Kier alpha value is -2.96. The summed E-state index contributed by atoms with van der Waals surface area (Å²) >= 11 is 0. The quantitative estimate of drug-likeness (QED) is 0.519. The molecule has 6 heteroatoms. The molecular formula is C22H22N2O4. The van der Waals surface area contributed by atoms with E-state index in [0.717, 1.165) is 16.6 Å². The molecule has 1 saturated heterocycles. The van der Waals surface area contributed by atoms with Gasteiger partial charge in [0.2, 0.25) is 0 Å². The van der Waals surface area contributed by atoms with E-state index in [4.69, 9.17) is 9.47 Å². The SMILES string of the molecule is CC(=O)C(=C(O)c1cccc(C2COC(C)(C)O2)c1)c1nc2ccccc2[nH]1. The molecule has 0 spiro atoms. The zero-order chi connectivity index (χ0) is 19.9. The highest BCUT2D eigenvalue weighted by Gasteiger charge is 2.33. The van der Waals surface area contributed by atoms with Crippen molar-refractivity contribution in [1.82, 2.24) is 9.97 Å². The van der Waals surface area contributed by atoms with Gasteiger partial charge < -0.3 is 19.6 Å². The summed E-state index contributed by atoms with van der Waals surface area (Å²) in [6, 6.07) is 14.8. The number of carbonyl (C=O) groups is 1. The van der Waals surface area contributed by atoms with Crippen LogP contribution in [0, 0.1) is 0 Å². The lowest BCUT2D eigenvalue weighted by Crippen LogP contribution is -2.19. The van der Waals surface area contributed by atoms with Crippen LogP contribution in [-0.2, 0) is 14.3 Å². The Labute approximate surface area is 162 Å². The summed E-state index contributed by atoms with van der Waals surface area (Å²) in [7, 11) is 0. The number of aliphatic hydroxyl groups excluding tert-OH is 1. The van der Waals surface area contributed by atoms with Crippen molar-refractivity contribution in [2.24, 2.45) is 0 Å². The van der Waals surface area contributed by atoms with Crippen LogP contribution in [0.5, 0.6) is 0 Å². The summed E-state index contributed by atoms with van der Waals surface area (Å²) in [6.07, 6.45) is -0.227. The number of allylic oxidation sites excluding steroid dienone is 1. The molecule has 0 radical (unpaired) electrons. The van der Waals surface area contributed by atoms with Crippen LogP contribution in [-0.4, -0.2) is 33.3 Å². The number of benzene rings is 2. The minimum atomic E-state index is -0.641. The number of Topliss-reactive ketones (excluding diaryl/α,β-unsaturated/α-hetero) is 1. The summed E-state index contributed by atoms with van der Waals surface area (Å²) in [5, 5.41) is 10.9. The molecule has 0 aliphatic carbocycles. The third-order valence-corrected chi connectivity index (χ3v) is 4.76. The molecule has 2 aromatic carbocycles. The van der Waals surface area contributed by atoms with Crippen LogP contribution in [0.3, 0.4) is 0 Å². The third-order valence-electron chi connectivity index (χ3n) is 4.76. The lowest BCUT2D eigenvalue weighted by atomic mass is 10.0. The van der Waals surface area contributed by atoms with Gasteiger partial charge in [-0.2, -0.15) is 0 Å². The molecule has 1 atom stereocenters. The number of rotatable bonds is 4. The number of ether oxygens (including phenoxy) is 2. The maximum absolute atomic E-state index is 12.3. The van der Waals surface area contributed by atoms with Crippen molar-refractivity contribution in [2.75, 3.05) is 6.61 Å². The largest absolute Gasteiger partial charge is 0.506 e. The van der Waals surface area contributed by atoms with E-state index in [9.17, 15) is 9.90 Å². The van der Waals surface area contributed by atoms with E-state index in [1.165, 1.54) is 6.92 Å². The number of nitrogens with one attached hydrogen (secondary N) is 1. The highest BCUT2D eigenvalue weighted by molar-refractivity contribution is 6.25. The number of ketones is 1. The van der Waals surface area contributed by atoms with Gasteiger partial charge in [0.05, 0.1) is 17.6 Å². The lowest BCUT2D eigenvalue weighted by molar-refractivity contribution is -0.139. The van der Waals surface area contributed by atoms with E-state index in [0.29, 0.717) is 18.0 Å². The number of aromatic nitrogens is 2. The number of fused-ring (bicyclic) bond motifs is 1. The van der Waals surface area contributed by atoms with Crippen molar-refractivity contribution in [3.8, 4) is 0 Å². The summed E-state index contributed by atoms with van der Waals surface area (Å²) in [6.45, 7) is 5.58. The van der Waals surface area contributed by atoms with E-state index in [1.807, 2.05) is 56.3 Å². The average molecular weight is 378 g/mol. The third kappa shape index (κ3) is 3.44. The molecule has 0 saturated carbocycles. The first-order valence-electron chi connectivity index (χ1n) is 9.15. The number of imidazole rings is 1. The maximum atomic E-state index is 12.3. The summed E-state index contributed by atoms with van der Waals surface area (Å²) in [5.41, 5.74) is 3.09. The molecule has 1 aliphatic rings. The Kier molecular flexibility index (Phi) is 4.53. The molecule has 1 aromatic heterocycles. The highest BCUT2D eigenvalue weighted by Crippen LogP contribution is 2.34. The van der Waals surface area contributed by atoms with E-state index < -0.39 is 5.79 Å². The fourth-order valence-electron chi connectivity index (χ4n) is 3.40. The normalized spacial score (nSPS) is 19.6. The van der Waals surface area contributed by atoms with Crippen LogP contribution in [0.15, 0.2) is 48.5 Å². The Morgan fingerprint density at radius 3 is 2.68 bits per heavy atom. The van der Waals surface area contributed by atoms with Gasteiger partial charge in [0.25, 0.3) is 0 Å². The summed E-state index contributed by atoms with van der Waals surface area (Å²) in [5.74, 6) is -0.689. The van der Waals surface area contributed by atoms with Crippen molar-refractivity contribution >= 4 is 28.1 Å². The predicted octanol–water partition coefficient (Wildman–Crippen LogP) is 4.40. The first-order valence-corrected chi connectivity index (χ1v) is 9.15. The topological polar surface area (TPSA) is 84.4 Å². The Morgan fingerprint density at radius 1 is 1.21 bits per heavy atom. The molecule has 1 fully saturated rings. The van der Waals surface area contributed by atoms with E-state index in [-0.39, 0.29) is 23.2 Å². The van der Waals surface area contributed by atoms with Gasteiger partial charge in [0.15, 0.2) is 11.6 Å². The van der Waals surface area contributed by atoms with Crippen LogP contribution in [0.1, 0.15) is 43.8 Å². The van der Waals surface area contributed by atoms with Gasteiger partial charge in [-0.3, -0.25) is 4.79 Å². The Balaban J connectivity index is 1.76. The minimum absolute atomic E-state index is 0.119. The standard InChI is InChI=1S/C22H22N2O4/c1-13(25)19(21-23-16-9-4-5-10-17(16)24-21)20(26)15-8-6-7-14(11-15)18-12-27-22(2,3)28-18/h4-11,18,26H,12H2,1-3H3,(H,23,24). The molecule has 1 unspecified atom stereocenters. The molecular weight excluding hydrogens is 356 g/mol. The monoisotopic (exact) mass is 378 g/mol. The second-order valence-electron chi connectivity index (χ2n) is 7.33. The van der Waals surface area contributed by atoms with Gasteiger partial charge in [0, 0.05) is 5.56 Å². The smallest absolute Gasteiger partial charge is 0.167 e. The molecule has 2 heterocycles. The second-order valence-corrected chi connectivity index (χ2v) is 7.33. The van der Waals surface area contributed by atoms with Crippen molar-refractivity contribution in [2.45, 2.75) is 32.7 Å². The van der Waals surface area contributed by atoms with Gasteiger partial charge >= 0.3 is 0 Å². The molecule has 0 bridgehead atoms. The van der Waals surface area contributed by atoms with Gasteiger partial charge in [-0.15, -0.1) is 0 Å². The number of aromatic amines is 1. The first kappa shape index (κ1) is 18.4. The number of para-hydroxylation sites is 2. The first-order chi connectivity index (χ1) is 13.3. The molecule has 0 amide bonds. The van der Waals surface area contributed by atoms with Crippen LogP contribution >= 0.6 is 0 Å². The van der Waals surface area contributed by atoms with Crippen LogP contribution in [0.2, 0.25) is 0 Å². The van der Waals surface area contributed by atoms with Gasteiger partial charge in [-0.25, -0.2) is 4.98 Å². The molecule has 1 aliphatic heterocycles. The van der Waals surface area contributed by atoms with Gasteiger partial charge in [-0.05, 0) is 44.5 Å². The lowest BCUT2D eigenvalue weighted by Gasteiger charge is -2.17. The minimum Gasteiger partial charge on any atom is -0.506 e. The number of aliphatic hydroxyl groups is 1. The molecule has 2 N–H and O–H groups in total. The van der Waals surface area contributed by atoms with E-state index in [2.05, 4.69) is 9.97 Å². The Bertz CT molecular complexity index is 1050. The van der Waals surface area contributed by atoms with Crippen molar-refractivity contribution in [3.05, 3.63) is 65.5 Å². The molecule has 3 aromatic rings. The summed E-state index contributed by atoms with van der Waals surface area (Å²) in [4.78, 5) is 19.9. The molecule has 6 nitrogen and oxygen atoms in total. The Morgan fingerprint density at radius 2 is 2.00 bits per heavy atom. The molecule has 28 heavy (non-hydrogen) atoms. The fraction of sp³-hybridized carbons (Fsp3) is 0.273. The van der Waals surface area contributed by atoms with Crippen LogP contribution in [0.4, 0.5) is 0 Å². The maximum Gasteiger partial charge on any atom is 0.167 e. The van der Waals surface area contributed by atoms with Crippen molar-refractivity contribution < 1.29 is 19.4 Å². The highest BCUT2D eigenvalue weighted by atomic mass is 16.7. The summed E-state index contributed by atoms with van der Waals surface area (Å²) < 4.78 is 11.5. The van der Waals surface area contributed by atoms with Gasteiger partial charge in [0.1, 0.15) is 23.3 Å². The van der Waals surface area contributed by atoms with Crippen LogP contribution < -0.4 is 0 Å². The predicted molar refractivity (Wildman–Crippen MR) is 107 cm³/mol. The fourth-order valence-corrected chi connectivity index (χ4v) is 3.40. The van der Waals surface area contributed by atoms with Crippen molar-refractivity contribution in [1.29, 1.82) is 0 Å². The zero-order valence-corrected chi connectivity index (χ0v) is 16.0. The molecule has 144 valence electrons. The van der Waals surface area contributed by atoms with E-state index >= 15 is 0 Å². The van der Waals surface area contributed by atoms with Crippen LogP contribution in [0.25, 0.3) is 22.4 Å². The molecule has 4 rings (SSSR count). The second kappa shape index (κ2) is 6.89. The number of nitrogens with zero attached hydrogens (tertiary/aromatic N) is 1. The number of hydrogen-bond donors (Lipinski definition) is 2. The van der Waals surface area contributed by atoms with Gasteiger partial charge in [-0.1, -0.05) is 30.3 Å². The zero-order valence-electron chi connectivity index (χ0n) is 16.0. The average Bonchev–Trinajstić information content (AvgIpc) is 3.24. The number of H-pyrrole nitrogens is 1.